The van der Waals surface area contributed by atoms with Crippen molar-refractivity contribution in [3.8, 4) is 0 Å². The number of methoxy groups -OCH3 is 1. The van der Waals surface area contributed by atoms with Gasteiger partial charge in [-0.1, -0.05) is 0 Å². The quantitative estimate of drug-likeness (QED) is 0.641. The van der Waals surface area contributed by atoms with Crippen LogP contribution >= 0.6 is 0 Å². The van der Waals surface area contributed by atoms with Crippen LogP contribution in [0.15, 0.2) is 0 Å². The molecule has 1 atom stereocenters. The smallest absolute Gasteiger partial charge is 0.306 e. The first-order chi connectivity index (χ1) is 9.45. The van der Waals surface area contributed by atoms with Gasteiger partial charge < -0.3 is 4.74 Å². The lowest BCUT2D eigenvalue weighted by Gasteiger charge is -2.38. The zero-order valence-corrected chi connectivity index (χ0v) is 12.9. The summed E-state index contributed by atoms with van der Waals surface area (Å²) in [6.07, 6.45) is 2.30. The number of esters is 1. The van der Waals surface area contributed by atoms with Crippen molar-refractivity contribution in [2.45, 2.75) is 25.3 Å². The van der Waals surface area contributed by atoms with Gasteiger partial charge in [-0.2, -0.15) is 17.0 Å². The van der Waals surface area contributed by atoms with Gasteiger partial charge >= 0.3 is 5.97 Å². The number of ether oxygens (including phenoxy) is 1. The average Bonchev–Trinajstić information content (AvgIpc) is 2.91. The minimum Gasteiger partial charge on any atom is -0.469 e. The van der Waals surface area contributed by atoms with Crippen LogP contribution in [-0.4, -0.2) is 80.8 Å². The van der Waals surface area contributed by atoms with E-state index in [-0.39, 0.29) is 13.0 Å². The third-order valence-corrected chi connectivity index (χ3v) is 6.08. The molecule has 8 heteroatoms. The number of hydrogen-bond donors (Lipinski definition) is 0. The number of carbonyl (C=O) groups is 1. The summed E-state index contributed by atoms with van der Waals surface area (Å²) in [5.41, 5.74) is 0. The van der Waals surface area contributed by atoms with E-state index in [9.17, 15) is 13.2 Å². The van der Waals surface area contributed by atoms with Crippen molar-refractivity contribution in [1.29, 1.82) is 0 Å². The molecule has 0 spiro atoms. The molecule has 2 fully saturated rings. The first-order valence-corrected chi connectivity index (χ1v) is 8.37. The zero-order chi connectivity index (χ0) is 14.8. The third kappa shape index (κ3) is 3.30. The number of hydrogen-bond acceptors (Lipinski definition) is 5. The molecule has 116 valence electrons. The number of piperazine rings is 1. The highest BCUT2D eigenvalue weighted by atomic mass is 32.2. The van der Waals surface area contributed by atoms with E-state index in [1.165, 1.54) is 22.8 Å². The van der Waals surface area contributed by atoms with Gasteiger partial charge in [0, 0.05) is 39.3 Å². The number of carbonyl (C=O) groups excluding carboxylic acids is 1. The van der Waals surface area contributed by atoms with Gasteiger partial charge in [0.2, 0.25) is 0 Å². The predicted molar refractivity (Wildman–Crippen MR) is 74.4 cm³/mol. The molecule has 0 amide bonds. The van der Waals surface area contributed by atoms with Crippen molar-refractivity contribution in [2.75, 3.05) is 46.9 Å². The average molecular weight is 305 g/mol. The molecule has 0 N–H and O–H groups in total. The lowest BCUT2D eigenvalue weighted by Crippen LogP contribution is -2.55. The van der Waals surface area contributed by atoms with Gasteiger partial charge in [0.05, 0.1) is 13.5 Å². The van der Waals surface area contributed by atoms with E-state index in [2.05, 4.69) is 9.64 Å². The van der Waals surface area contributed by atoms with E-state index >= 15 is 0 Å². The Morgan fingerprint density at radius 1 is 1.35 bits per heavy atom. The standard InChI is InChI=1S/C12H23N3O4S/c1-13(7-5-12(16)19-2)20(17,18)15-9-8-14-6-3-4-11(14)10-15/h11H,3-10H2,1-2H3. The summed E-state index contributed by atoms with van der Waals surface area (Å²) < 4.78 is 32.2. The van der Waals surface area contributed by atoms with Crippen molar-refractivity contribution in [1.82, 2.24) is 13.5 Å². The largest absolute Gasteiger partial charge is 0.469 e. The van der Waals surface area contributed by atoms with Crippen LogP contribution < -0.4 is 0 Å². The minimum atomic E-state index is -3.47. The van der Waals surface area contributed by atoms with E-state index in [0.717, 1.165) is 25.9 Å². The summed E-state index contributed by atoms with van der Waals surface area (Å²) in [7, 11) is -0.657. The lowest BCUT2D eigenvalue weighted by atomic mass is 10.2. The Morgan fingerprint density at radius 2 is 2.10 bits per heavy atom. The van der Waals surface area contributed by atoms with E-state index in [1.807, 2.05) is 0 Å². The molecule has 2 saturated heterocycles. The molecule has 1 unspecified atom stereocenters. The Balaban J connectivity index is 1.93. The summed E-state index contributed by atoms with van der Waals surface area (Å²) in [6, 6.07) is 0.354. The molecule has 0 saturated carbocycles. The summed E-state index contributed by atoms with van der Waals surface area (Å²) >= 11 is 0. The first-order valence-electron chi connectivity index (χ1n) is 6.97. The number of nitrogens with zero attached hydrogens (tertiary/aromatic N) is 3. The Bertz CT molecular complexity index is 454. The van der Waals surface area contributed by atoms with Gasteiger partial charge in [-0.25, -0.2) is 0 Å². The van der Waals surface area contributed by atoms with Crippen LogP contribution in [0.4, 0.5) is 0 Å². The van der Waals surface area contributed by atoms with Crippen LogP contribution in [0.1, 0.15) is 19.3 Å². The molecule has 2 aliphatic rings. The lowest BCUT2D eigenvalue weighted by molar-refractivity contribution is -0.140. The highest BCUT2D eigenvalue weighted by Crippen LogP contribution is 2.23. The second-order valence-corrected chi connectivity index (χ2v) is 7.38. The Kier molecular flexibility index (Phi) is 5.00. The Hall–Kier alpha value is -0.700. The number of rotatable bonds is 5. The highest BCUT2D eigenvalue weighted by molar-refractivity contribution is 7.86. The monoisotopic (exact) mass is 305 g/mol. The molecule has 7 nitrogen and oxygen atoms in total. The van der Waals surface area contributed by atoms with Crippen LogP contribution in [0.2, 0.25) is 0 Å². The molecule has 0 radical (unpaired) electrons. The normalized spacial score (nSPS) is 24.9. The second-order valence-electron chi connectivity index (χ2n) is 5.35. The molecule has 2 aliphatic heterocycles. The Morgan fingerprint density at radius 3 is 2.80 bits per heavy atom. The van der Waals surface area contributed by atoms with Gasteiger partial charge in [-0.05, 0) is 19.4 Å². The second kappa shape index (κ2) is 6.38. The predicted octanol–water partition coefficient (Wildman–Crippen LogP) is -0.494. The van der Waals surface area contributed by atoms with Gasteiger partial charge in [0.25, 0.3) is 10.2 Å². The summed E-state index contributed by atoms with van der Waals surface area (Å²) in [4.78, 5) is 13.5. The van der Waals surface area contributed by atoms with E-state index < -0.39 is 16.2 Å². The van der Waals surface area contributed by atoms with Crippen molar-refractivity contribution < 1.29 is 17.9 Å². The summed E-state index contributed by atoms with van der Waals surface area (Å²) in [5, 5.41) is 0. The maximum absolute atomic E-state index is 12.5. The highest BCUT2D eigenvalue weighted by Gasteiger charge is 2.37. The van der Waals surface area contributed by atoms with E-state index in [1.54, 1.807) is 0 Å². The van der Waals surface area contributed by atoms with Crippen LogP contribution in [0.5, 0.6) is 0 Å². The molecule has 20 heavy (non-hydrogen) atoms. The molecule has 2 rings (SSSR count). The van der Waals surface area contributed by atoms with Crippen LogP contribution in [0.3, 0.4) is 0 Å². The van der Waals surface area contributed by atoms with E-state index in [0.29, 0.717) is 19.1 Å². The van der Waals surface area contributed by atoms with Crippen molar-refractivity contribution in [3.63, 3.8) is 0 Å². The topological polar surface area (TPSA) is 70.2 Å². The van der Waals surface area contributed by atoms with Gasteiger partial charge in [-0.15, -0.1) is 0 Å². The summed E-state index contributed by atoms with van der Waals surface area (Å²) in [5.74, 6) is -0.396. The fourth-order valence-electron chi connectivity index (χ4n) is 2.84. The molecular weight excluding hydrogens is 282 g/mol. The molecule has 0 aromatic carbocycles. The van der Waals surface area contributed by atoms with Gasteiger partial charge in [-0.3, -0.25) is 9.69 Å². The molecule has 0 aromatic heterocycles. The van der Waals surface area contributed by atoms with E-state index in [4.69, 9.17) is 0 Å². The van der Waals surface area contributed by atoms with Gasteiger partial charge in [0.15, 0.2) is 0 Å². The molecular formula is C12H23N3O4S. The SMILES string of the molecule is COC(=O)CCN(C)S(=O)(=O)N1CCN2CCCC2C1. The fourth-order valence-corrected chi connectivity index (χ4v) is 4.22. The van der Waals surface area contributed by atoms with Gasteiger partial charge in [0.1, 0.15) is 0 Å². The van der Waals surface area contributed by atoms with Crippen molar-refractivity contribution in [2.24, 2.45) is 0 Å². The molecule has 0 aromatic rings. The fraction of sp³-hybridized carbons (Fsp3) is 0.917. The molecule has 2 heterocycles. The van der Waals surface area contributed by atoms with Crippen LogP contribution in [0.25, 0.3) is 0 Å². The third-order valence-electron chi connectivity index (χ3n) is 4.13. The Labute approximate surface area is 120 Å². The van der Waals surface area contributed by atoms with Crippen molar-refractivity contribution >= 4 is 16.2 Å². The first kappa shape index (κ1) is 15.7. The molecule has 0 aliphatic carbocycles. The van der Waals surface area contributed by atoms with Crippen molar-refractivity contribution in [3.05, 3.63) is 0 Å². The maximum atomic E-state index is 12.5. The number of fused-ring (bicyclic) bond motifs is 1. The molecule has 0 bridgehead atoms. The summed E-state index contributed by atoms with van der Waals surface area (Å²) in [6.45, 7) is 3.12. The zero-order valence-electron chi connectivity index (χ0n) is 12.1. The minimum absolute atomic E-state index is 0.0790. The van der Waals surface area contributed by atoms with Crippen LogP contribution in [-0.2, 0) is 19.7 Å². The van der Waals surface area contributed by atoms with Crippen LogP contribution in [0, 0.1) is 0 Å². The maximum Gasteiger partial charge on any atom is 0.306 e.